The minimum atomic E-state index is -0.0401. The van der Waals surface area contributed by atoms with Gasteiger partial charge in [-0.05, 0) is 30.0 Å². The van der Waals surface area contributed by atoms with Crippen LogP contribution in [-0.2, 0) is 6.54 Å². The summed E-state index contributed by atoms with van der Waals surface area (Å²) in [6, 6.07) is 16.5. The van der Waals surface area contributed by atoms with Gasteiger partial charge in [-0.3, -0.25) is 4.90 Å². The van der Waals surface area contributed by atoms with E-state index in [2.05, 4.69) is 34.5 Å². The van der Waals surface area contributed by atoms with E-state index in [-0.39, 0.29) is 6.03 Å². The van der Waals surface area contributed by atoms with E-state index in [0.717, 1.165) is 44.0 Å². The van der Waals surface area contributed by atoms with E-state index < -0.39 is 0 Å². The zero-order chi connectivity index (χ0) is 18.9. The average molecular weight is 379 g/mol. The Morgan fingerprint density at radius 2 is 1.86 bits per heavy atom. The summed E-state index contributed by atoms with van der Waals surface area (Å²) in [6.45, 7) is 4.80. The van der Waals surface area contributed by atoms with Crippen LogP contribution in [0.25, 0.3) is 0 Å². The van der Waals surface area contributed by atoms with E-state index in [0.29, 0.717) is 30.9 Å². The number of urea groups is 1. The fraction of sp³-hybridized carbons (Fsp3) is 0.409. The van der Waals surface area contributed by atoms with Crippen molar-refractivity contribution in [2.45, 2.75) is 19.0 Å². The van der Waals surface area contributed by atoms with Gasteiger partial charge in [-0.1, -0.05) is 30.3 Å². The second kappa shape index (κ2) is 7.36. The van der Waals surface area contributed by atoms with Gasteiger partial charge in [0, 0.05) is 44.0 Å². The number of carbonyl (C=O) groups is 1. The maximum absolute atomic E-state index is 12.8. The molecule has 2 fully saturated rings. The van der Waals surface area contributed by atoms with Crippen molar-refractivity contribution in [3.05, 3.63) is 54.1 Å². The first-order chi connectivity index (χ1) is 13.8. The molecule has 3 aliphatic rings. The SMILES string of the molecule is O=C(Nc1ccc2c(c1)OCCO2)N1CC[C@@H]2CN(Cc3ccccc3)[C@@H]2C1. The van der Waals surface area contributed by atoms with Gasteiger partial charge in [-0.25, -0.2) is 4.79 Å². The lowest BCUT2D eigenvalue weighted by Crippen LogP contribution is -2.64. The van der Waals surface area contributed by atoms with Crippen LogP contribution < -0.4 is 14.8 Å². The third kappa shape index (κ3) is 3.40. The van der Waals surface area contributed by atoms with Crippen molar-refractivity contribution in [3.8, 4) is 11.5 Å². The number of benzene rings is 2. The molecule has 6 nitrogen and oxygen atoms in total. The molecule has 0 spiro atoms. The summed E-state index contributed by atoms with van der Waals surface area (Å²) in [5, 5.41) is 3.02. The van der Waals surface area contributed by atoms with Crippen LogP contribution in [0.1, 0.15) is 12.0 Å². The topological polar surface area (TPSA) is 54.0 Å². The molecule has 2 aromatic rings. The Balaban J connectivity index is 1.20. The number of fused-ring (bicyclic) bond motifs is 2. The Hall–Kier alpha value is -2.73. The lowest BCUT2D eigenvalue weighted by atomic mass is 9.82. The van der Waals surface area contributed by atoms with Crippen LogP contribution in [0, 0.1) is 5.92 Å². The molecular weight excluding hydrogens is 354 g/mol. The maximum Gasteiger partial charge on any atom is 0.321 e. The van der Waals surface area contributed by atoms with E-state index in [9.17, 15) is 4.79 Å². The lowest BCUT2D eigenvalue weighted by molar-refractivity contribution is -0.0377. The van der Waals surface area contributed by atoms with E-state index in [1.165, 1.54) is 5.56 Å². The molecule has 2 aromatic carbocycles. The normalized spacial score (nSPS) is 23.5. The first-order valence-electron chi connectivity index (χ1n) is 10.00. The predicted octanol–water partition coefficient (Wildman–Crippen LogP) is 3.20. The average Bonchev–Trinajstić information content (AvgIpc) is 2.72. The van der Waals surface area contributed by atoms with Crippen molar-refractivity contribution in [2.75, 3.05) is 38.2 Å². The van der Waals surface area contributed by atoms with Crippen molar-refractivity contribution in [1.29, 1.82) is 0 Å². The Bertz CT molecular complexity index is 857. The zero-order valence-electron chi connectivity index (χ0n) is 15.8. The first kappa shape index (κ1) is 17.4. The minimum absolute atomic E-state index is 0.0401. The number of rotatable bonds is 3. The molecule has 2 saturated heterocycles. The number of amides is 2. The van der Waals surface area contributed by atoms with Gasteiger partial charge in [-0.2, -0.15) is 0 Å². The van der Waals surface area contributed by atoms with Crippen LogP contribution in [-0.4, -0.2) is 54.7 Å². The predicted molar refractivity (Wildman–Crippen MR) is 107 cm³/mol. The molecule has 146 valence electrons. The molecule has 2 amide bonds. The van der Waals surface area contributed by atoms with Crippen molar-refractivity contribution in [2.24, 2.45) is 5.92 Å². The largest absolute Gasteiger partial charge is 0.486 e. The van der Waals surface area contributed by atoms with Gasteiger partial charge in [0.15, 0.2) is 11.5 Å². The van der Waals surface area contributed by atoms with E-state index >= 15 is 0 Å². The summed E-state index contributed by atoms with van der Waals surface area (Å²) >= 11 is 0. The number of nitrogens with zero attached hydrogens (tertiary/aromatic N) is 2. The van der Waals surface area contributed by atoms with Crippen LogP contribution in [0.15, 0.2) is 48.5 Å². The molecule has 0 radical (unpaired) electrons. The van der Waals surface area contributed by atoms with Gasteiger partial charge >= 0.3 is 6.03 Å². The quantitative estimate of drug-likeness (QED) is 0.890. The summed E-state index contributed by atoms with van der Waals surface area (Å²) < 4.78 is 11.1. The standard InChI is InChI=1S/C22H25N3O3/c26-22(23-18-6-7-20-21(12-18)28-11-10-27-20)24-9-8-17-14-25(19(17)15-24)13-16-4-2-1-3-5-16/h1-7,12,17,19H,8-11,13-15H2,(H,23,26)/t17-,19-/m1/s1. The Kier molecular flexibility index (Phi) is 4.56. The molecule has 3 heterocycles. The van der Waals surface area contributed by atoms with Crippen molar-refractivity contribution < 1.29 is 14.3 Å². The number of nitrogens with one attached hydrogen (secondary N) is 1. The van der Waals surface area contributed by atoms with E-state index in [1.54, 1.807) is 0 Å². The molecule has 5 rings (SSSR count). The second-order valence-corrected chi connectivity index (χ2v) is 7.77. The van der Waals surface area contributed by atoms with Gasteiger partial charge in [0.25, 0.3) is 0 Å². The molecule has 28 heavy (non-hydrogen) atoms. The highest BCUT2D eigenvalue weighted by Crippen LogP contribution is 2.35. The highest BCUT2D eigenvalue weighted by molar-refractivity contribution is 5.89. The molecule has 0 aromatic heterocycles. The smallest absolute Gasteiger partial charge is 0.321 e. The molecule has 0 unspecified atom stereocenters. The van der Waals surface area contributed by atoms with Crippen LogP contribution in [0.2, 0.25) is 0 Å². The number of piperidine rings is 1. The molecule has 1 N–H and O–H groups in total. The number of ether oxygens (including phenoxy) is 2. The third-order valence-corrected chi connectivity index (χ3v) is 5.97. The van der Waals surface area contributed by atoms with Crippen LogP contribution in [0.4, 0.5) is 10.5 Å². The number of anilines is 1. The van der Waals surface area contributed by atoms with Crippen LogP contribution in [0.5, 0.6) is 11.5 Å². The molecule has 3 aliphatic heterocycles. The number of carbonyl (C=O) groups excluding carboxylic acids is 1. The molecule has 0 saturated carbocycles. The molecule has 6 heteroatoms. The van der Waals surface area contributed by atoms with Gasteiger partial charge < -0.3 is 19.7 Å². The molecule has 2 atom stereocenters. The van der Waals surface area contributed by atoms with Crippen molar-refractivity contribution >= 4 is 11.7 Å². The highest BCUT2D eigenvalue weighted by Gasteiger charge is 2.43. The summed E-state index contributed by atoms with van der Waals surface area (Å²) in [6.07, 6.45) is 1.07. The Morgan fingerprint density at radius 1 is 1.04 bits per heavy atom. The summed E-state index contributed by atoms with van der Waals surface area (Å²) in [7, 11) is 0. The molecule has 0 aliphatic carbocycles. The second-order valence-electron chi connectivity index (χ2n) is 7.77. The van der Waals surface area contributed by atoms with E-state index in [1.807, 2.05) is 29.2 Å². The maximum atomic E-state index is 12.8. The van der Waals surface area contributed by atoms with Gasteiger partial charge in [-0.15, -0.1) is 0 Å². The van der Waals surface area contributed by atoms with Gasteiger partial charge in [0.05, 0.1) is 0 Å². The van der Waals surface area contributed by atoms with E-state index in [4.69, 9.17) is 9.47 Å². The minimum Gasteiger partial charge on any atom is -0.486 e. The monoisotopic (exact) mass is 379 g/mol. The Morgan fingerprint density at radius 3 is 2.71 bits per heavy atom. The first-order valence-corrected chi connectivity index (χ1v) is 10.00. The summed E-state index contributed by atoms with van der Waals surface area (Å²) in [5.74, 6) is 2.13. The number of likely N-dealkylation sites (tertiary alicyclic amines) is 2. The number of hydrogen-bond acceptors (Lipinski definition) is 4. The number of hydrogen-bond donors (Lipinski definition) is 1. The van der Waals surface area contributed by atoms with Crippen LogP contribution in [0.3, 0.4) is 0 Å². The third-order valence-electron chi connectivity index (χ3n) is 5.97. The van der Waals surface area contributed by atoms with Crippen LogP contribution >= 0.6 is 0 Å². The van der Waals surface area contributed by atoms with Crippen molar-refractivity contribution in [1.82, 2.24) is 9.80 Å². The lowest BCUT2D eigenvalue weighted by Gasteiger charge is -2.53. The fourth-order valence-corrected chi connectivity index (χ4v) is 4.41. The Labute approximate surface area is 165 Å². The summed E-state index contributed by atoms with van der Waals surface area (Å²) in [5.41, 5.74) is 2.07. The highest BCUT2D eigenvalue weighted by atomic mass is 16.6. The van der Waals surface area contributed by atoms with Gasteiger partial charge in [0.1, 0.15) is 13.2 Å². The zero-order valence-corrected chi connectivity index (χ0v) is 15.8. The molecule has 0 bridgehead atoms. The summed E-state index contributed by atoms with van der Waals surface area (Å²) in [4.78, 5) is 17.2. The fourth-order valence-electron chi connectivity index (χ4n) is 4.41. The van der Waals surface area contributed by atoms with Gasteiger partial charge in [0.2, 0.25) is 0 Å². The van der Waals surface area contributed by atoms with Crippen molar-refractivity contribution in [3.63, 3.8) is 0 Å². The molecular formula is C22H25N3O3.